The number of fused-ring (bicyclic) bond motifs is 1. The minimum atomic E-state index is 0. The van der Waals surface area contributed by atoms with Crippen molar-refractivity contribution in [3.05, 3.63) is 65.9 Å². The first kappa shape index (κ1) is 22.7. The molecule has 2 aromatic carbocycles. The Bertz CT molecular complexity index is 957. The first-order valence-electron chi connectivity index (χ1n) is 9.32. The Hall–Kier alpha value is -2.55. The van der Waals surface area contributed by atoms with Gasteiger partial charge in [0.1, 0.15) is 0 Å². The van der Waals surface area contributed by atoms with E-state index < -0.39 is 0 Å². The quantitative estimate of drug-likeness (QED) is 0.287. The molecule has 0 fully saturated rings. The average molecular weight is 506 g/mol. The minimum absolute atomic E-state index is 0. The lowest BCUT2D eigenvalue weighted by molar-refractivity contribution is 0.310. The number of aliphatic imine (C=N–C) groups is 1. The number of aromatic nitrogens is 1. The normalized spacial score (nSPS) is 10.9. The molecule has 3 aromatic rings. The van der Waals surface area contributed by atoms with Crippen molar-refractivity contribution in [2.24, 2.45) is 4.99 Å². The van der Waals surface area contributed by atoms with Crippen molar-refractivity contribution in [1.29, 1.82) is 0 Å². The Labute approximate surface area is 188 Å². The van der Waals surface area contributed by atoms with Crippen LogP contribution in [0.25, 0.3) is 10.9 Å². The number of para-hydroxylation sites is 1. The highest BCUT2D eigenvalue weighted by atomic mass is 127. The largest absolute Gasteiger partial charge is 0.493 e. The van der Waals surface area contributed by atoms with E-state index in [1.165, 1.54) is 5.56 Å². The van der Waals surface area contributed by atoms with Gasteiger partial charge in [-0.2, -0.15) is 0 Å². The molecule has 29 heavy (non-hydrogen) atoms. The van der Waals surface area contributed by atoms with Gasteiger partial charge in [-0.1, -0.05) is 24.3 Å². The zero-order valence-electron chi connectivity index (χ0n) is 16.9. The van der Waals surface area contributed by atoms with Gasteiger partial charge in [-0.25, -0.2) is 0 Å². The summed E-state index contributed by atoms with van der Waals surface area (Å²) in [6.45, 7) is 3.84. The summed E-state index contributed by atoms with van der Waals surface area (Å²) in [4.78, 5) is 8.72. The van der Waals surface area contributed by atoms with Crippen molar-refractivity contribution in [3.63, 3.8) is 0 Å². The number of nitrogens with one attached hydrogen (secondary N) is 2. The molecule has 154 valence electrons. The molecule has 0 unspecified atom stereocenters. The Morgan fingerprint density at radius 3 is 2.59 bits per heavy atom. The summed E-state index contributed by atoms with van der Waals surface area (Å²) in [5.41, 5.74) is 3.25. The van der Waals surface area contributed by atoms with Crippen LogP contribution in [-0.4, -0.2) is 31.7 Å². The first-order valence-corrected chi connectivity index (χ1v) is 9.32. The maximum Gasteiger partial charge on any atom is 0.191 e. The average Bonchev–Trinajstić information content (AvgIpc) is 2.74. The second kappa shape index (κ2) is 11.5. The molecule has 0 bridgehead atoms. The van der Waals surface area contributed by atoms with Gasteiger partial charge in [-0.3, -0.25) is 9.98 Å². The molecule has 0 aliphatic rings. The molecular weight excluding hydrogens is 479 g/mol. The van der Waals surface area contributed by atoms with E-state index in [0.29, 0.717) is 19.7 Å². The molecule has 0 radical (unpaired) electrons. The Morgan fingerprint density at radius 1 is 1.03 bits per heavy atom. The van der Waals surface area contributed by atoms with Gasteiger partial charge in [-0.15, -0.1) is 24.0 Å². The van der Waals surface area contributed by atoms with Crippen molar-refractivity contribution in [2.75, 3.05) is 20.8 Å². The van der Waals surface area contributed by atoms with Crippen LogP contribution < -0.4 is 20.1 Å². The van der Waals surface area contributed by atoms with E-state index >= 15 is 0 Å². The molecule has 6 nitrogen and oxygen atoms in total. The third-order valence-corrected chi connectivity index (χ3v) is 4.40. The van der Waals surface area contributed by atoms with Gasteiger partial charge in [0, 0.05) is 31.7 Å². The summed E-state index contributed by atoms with van der Waals surface area (Å²) < 4.78 is 11.0. The maximum absolute atomic E-state index is 5.64. The lowest BCUT2D eigenvalue weighted by Gasteiger charge is -2.14. The lowest BCUT2D eigenvalue weighted by atomic mass is 10.1. The van der Waals surface area contributed by atoms with E-state index in [0.717, 1.165) is 33.9 Å². The topological polar surface area (TPSA) is 67.8 Å². The van der Waals surface area contributed by atoms with Crippen molar-refractivity contribution in [1.82, 2.24) is 15.6 Å². The van der Waals surface area contributed by atoms with Crippen molar-refractivity contribution >= 4 is 40.8 Å². The second-order valence-electron chi connectivity index (χ2n) is 6.18. The predicted molar refractivity (Wildman–Crippen MR) is 128 cm³/mol. The second-order valence-corrected chi connectivity index (χ2v) is 6.18. The van der Waals surface area contributed by atoms with Crippen LogP contribution in [-0.2, 0) is 13.1 Å². The molecule has 0 spiro atoms. The molecule has 0 amide bonds. The molecule has 0 saturated heterocycles. The van der Waals surface area contributed by atoms with Crippen molar-refractivity contribution in [2.45, 2.75) is 20.0 Å². The molecule has 0 aliphatic heterocycles. The van der Waals surface area contributed by atoms with Crippen LogP contribution in [0.2, 0.25) is 0 Å². The van der Waals surface area contributed by atoms with Gasteiger partial charge in [0.25, 0.3) is 0 Å². The molecule has 7 heteroatoms. The molecule has 2 N–H and O–H groups in total. The SMILES string of the molecule is CCOc1cc(CNC(=NC)NCc2ccnc3ccccc23)ccc1OC.I. The van der Waals surface area contributed by atoms with Gasteiger partial charge in [0.05, 0.1) is 19.2 Å². The highest BCUT2D eigenvalue weighted by Crippen LogP contribution is 2.28. The molecule has 0 aliphatic carbocycles. The lowest BCUT2D eigenvalue weighted by Crippen LogP contribution is -2.36. The Balaban J connectivity index is 0.00000300. The highest BCUT2D eigenvalue weighted by Gasteiger charge is 2.07. The number of methoxy groups -OCH3 is 1. The smallest absolute Gasteiger partial charge is 0.191 e. The molecular formula is C22H27IN4O2. The van der Waals surface area contributed by atoms with Crippen LogP contribution in [0.15, 0.2) is 59.7 Å². The summed E-state index contributed by atoms with van der Waals surface area (Å²) in [5, 5.41) is 7.85. The molecule has 0 saturated carbocycles. The zero-order valence-corrected chi connectivity index (χ0v) is 19.3. The fraction of sp³-hybridized carbons (Fsp3) is 0.273. The van der Waals surface area contributed by atoms with Crippen LogP contribution >= 0.6 is 24.0 Å². The Kier molecular flexibility index (Phi) is 8.98. The zero-order chi connectivity index (χ0) is 19.8. The number of ether oxygens (including phenoxy) is 2. The standard InChI is InChI=1S/C22H26N4O2.HI/c1-4-28-21-13-16(9-10-20(21)27-3)14-25-22(23-2)26-15-17-11-12-24-19-8-6-5-7-18(17)19;/h5-13H,4,14-15H2,1-3H3,(H2,23,25,26);1H. The third kappa shape index (κ3) is 5.96. The van der Waals surface area contributed by atoms with Crippen LogP contribution in [0.5, 0.6) is 11.5 Å². The number of hydrogen-bond donors (Lipinski definition) is 2. The molecule has 3 rings (SSSR count). The summed E-state index contributed by atoms with van der Waals surface area (Å²) in [6, 6.07) is 16.1. The van der Waals surface area contributed by atoms with Crippen molar-refractivity contribution in [3.8, 4) is 11.5 Å². The van der Waals surface area contributed by atoms with E-state index in [-0.39, 0.29) is 24.0 Å². The van der Waals surface area contributed by atoms with Gasteiger partial charge >= 0.3 is 0 Å². The maximum atomic E-state index is 5.64. The van der Waals surface area contributed by atoms with Crippen LogP contribution in [0.4, 0.5) is 0 Å². The molecule has 1 aromatic heterocycles. The number of guanidine groups is 1. The monoisotopic (exact) mass is 506 g/mol. The summed E-state index contributed by atoms with van der Waals surface area (Å²) >= 11 is 0. The van der Waals surface area contributed by atoms with E-state index in [2.05, 4.69) is 26.7 Å². The number of nitrogens with zero attached hydrogens (tertiary/aromatic N) is 2. The predicted octanol–water partition coefficient (Wildman–Crippen LogP) is 4.13. The summed E-state index contributed by atoms with van der Waals surface area (Å²) in [5.74, 6) is 2.21. The Morgan fingerprint density at radius 2 is 1.83 bits per heavy atom. The first-order chi connectivity index (χ1) is 13.7. The summed E-state index contributed by atoms with van der Waals surface area (Å²) in [7, 11) is 3.41. The van der Waals surface area contributed by atoms with E-state index in [1.54, 1.807) is 14.2 Å². The number of benzene rings is 2. The number of hydrogen-bond acceptors (Lipinski definition) is 4. The number of halogens is 1. The highest BCUT2D eigenvalue weighted by molar-refractivity contribution is 14.0. The van der Waals surface area contributed by atoms with Gasteiger partial charge < -0.3 is 20.1 Å². The van der Waals surface area contributed by atoms with Crippen LogP contribution in [0.1, 0.15) is 18.1 Å². The van der Waals surface area contributed by atoms with Crippen molar-refractivity contribution < 1.29 is 9.47 Å². The number of pyridine rings is 1. The molecule has 1 heterocycles. The van der Waals surface area contributed by atoms with Gasteiger partial charge in [0.2, 0.25) is 0 Å². The van der Waals surface area contributed by atoms with Crippen LogP contribution in [0.3, 0.4) is 0 Å². The molecule has 0 atom stereocenters. The van der Waals surface area contributed by atoms with E-state index in [4.69, 9.17) is 9.47 Å². The minimum Gasteiger partial charge on any atom is -0.493 e. The fourth-order valence-corrected chi connectivity index (χ4v) is 2.99. The fourth-order valence-electron chi connectivity index (χ4n) is 2.99. The van der Waals surface area contributed by atoms with Gasteiger partial charge in [-0.05, 0) is 42.3 Å². The third-order valence-electron chi connectivity index (χ3n) is 4.40. The van der Waals surface area contributed by atoms with Crippen LogP contribution in [0, 0.1) is 0 Å². The van der Waals surface area contributed by atoms with E-state index in [9.17, 15) is 0 Å². The summed E-state index contributed by atoms with van der Waals surface area (Å²) in [6.07, 6.45) is 1.84. The van der Waals surface area contributed by atoms with Gasteiger partial charge in [0.15, 0.2) is 17.5 Å². The number of rotatable bonds is 7. The van der Waals surface area contributed by atoms with E-state index in [1.807, 2.05) is 55.6 Å².